The van der Waals surface area contributed by atoms with Gasteiger partial charge in [0.2, 0.25) is 0 Å². The second-order valence-corrected chi connectivity index (χ2v) is 4.27. The van der Waals surface area contributed by atoms with Crippen molar-refractivity contribution in [3.63, 3.8) is 0 Å². The van der Waals surface area contributed by atoms with Crippen molar-refractivity contribution in [3.05, 3.63) is 35.4 Å². The number of hydrogen-bond donors (Lipinski definition) is 1. The highest BCUT2D eigenvalue weighted by atomic mass is 16.5. The Hall–Kier alpha value is -2.50. The molecule has 0 aliphatic carbocycles. The molecule has 0 amide bonds. The van der Waals surface area contributed by atoms with Crippen molar-refractivity contribution in [3.8, 4) is 17.2 Å². The van der Waals surface area contributed by atoms with Gasteiger partial charge in [-0.05, 0) is 26.0 Å². The van der Waals surface area contributed by atoms with Crippen LogP contribution in [0, 0.1) is 13.8 Å². The van der Waals surface area contributed by atoms with Gasteiger partial charge in [0.1, 0.15) is 17.3 Å². The molecule has 0 radical (unpaired) electrons. The van der Waals surface area contributed by atoms with Gasteiger partial charge in [-0.15, -0.1) is 0 Å². The van der Waals surface area contributed by atoms with Crippen molar-refractivity contribution in [1.29, 1.82) is 0 Å². The van der Waals surface area contributed by atoms with E-state index in [9.17, 15) is 9.90 Å². The molecule has 0 aliphatic rings. The summed E-state index contributed by atoms with van der Waals surface area (Å²) >= 11 is 0. The first-order valence-corrected chi connectivity index (χ1v) is 6.01. The number of imidazole rings is 1. The molecule has 0 unspecified atom stereocenters. The van der Waals surface area contributed by atoms with Gasteiger partial charge in [0.25, 0.3) is 0 Å². The Morgan fingerprint density at radius 1 is 1.25 bits per heavy atom. The minimum Gasteiger partial charge on any atom is -0.497 e. The summed E-state index contributed by atoms with van der Waals surface area (Å²) in [5.41, 5.74) is 1.16. The maximum absolute atomic E-state index is 11.5. The number of aromatic carboxylic acids is 1. The van der Waals surface area contributed by atoms with E-state index < -0.39 is 5.97 Å². The summed E-state index contributed by atoms with van der Waals surface area (Å²) in [6, 6.07) is 5.20. The van der Waals surface area contributed by atoms with E-state index in [0.717, 1.165) is 0 Å². The predicted molar refractivity (Wildman–Crippen MR) is 73.1 cm³/mol. The SMILES string of the molecule is COc1ccc(OC)c(-n2c(C)nc(C)c2C(=O)O)c1. The predicted octanol–water partition coefficient (Wildman–Crippen LogP) is 2.20. The van der Waals surface area contributed by atoms with Crippen molar-refractivity contribution >= 4 is 5.97 Å². The quantitative estimate of drug-likeness (QED) is 0.926. The molecule has 6 heteroatoms. The first-order chi connectivity index (χ1) is 9.49. The zero-order valence-electron chi connectivity index (χ0n) is 11.8. The molecule has 0 bridgehead atoms. The van der Waals surface area contributed by atoms with Gasteiger partial charge in [-0.2, -0.15) is 0 Å². The monoisotopic (exact) mass is 276 g/mol. The van der Waals surface area contributed by atoms with Crippen LogP contribution in [0.5, 0.6) is 11.5 Å². The fourth-order valence-corrected chi connectivity index (χ4v) is 2.19. The molecule has 0 atom stereocenters. The van der Waals surface area contributed by atoms with E-state index in [1.807, 2.05) is 0 Å². The topological polar surface area (TPSA) is 73.6 Å². The number of hydrogen-bond acceptors (Lipinski definition) is 4. The second-order valence-electron chi connectivity index (χ2n) is 4.27. The maximum Gasteiger partial charge on any atom is 0.354 e. The van der Waals surface area contributed by atoms with Crippen molar-refractivity contribution in [2.45, 2.75) is 13.8 Å². The highest BCUT2D eigenvalue weighted by Crippen LogP contribution is 2.30. The lowest BCUT2D eigenvalue weighted by Gasteiger charge is -2.14. The number of methoxy groups -OCH3 is 2. The largest absolute Gasteiger partial charge is 0.497 e. The Balaban J connectivity index is 2.76. The van der Waals surface area contributed by atoms with Gasteiger partial charge in [0, 0.05) is 6.07 Å². The second kappa shape index (κ2) is 5.24. The van der Waals surface area contributed by atoms with Crippen LogP contribution >= 0.6 is 0 Å². The maximum atomic E-state index is 11.5. The molecular formula is C14H16N2O4. The molecule has 0 saturated heterocycles. The van der Waals surface area contributed by atoms with Gasteiger partial charge in [0.15, 0.2) is 5.69 Å². The van der Waals surface area contributed by atoms with Crippen molar-refractivity contribution < 1.29 is 19.4 Å². The van der Waals surface area contributed by atoms with E-state index in [4.69, 9.17) is 9.47 Å². The molecule has 0 spiro atoms. The Bertz CT molecular complexity index is 661. The van der Waals surface area contributed by atoms with Crippen LogP contribution in [0.1, 0.15) is 22.0 Å². The number of rotatable bonds is 4. The molecule has 1 aromatic heterocycles. The summed E-state index contributed by atoms with van der Waals surface area (Å²) in [5.74, 6) is 0.705. The number of carboxylic acids is 1. The van der Waals surface area contributed by atoms with E-state index >= 15 is 0 Å². The molecule has 2 aromatic rings. The molecule has 0 fully saturated rings. The van der Waals surface area contributed by atoms with E-state index in [1.54, 1.807) is 43.7 Å². The van der Waals surface area contributed by atoms with Crippen molar-refractivity contribution in [1.82, 2.24) is 9.55 Å². The summed E-state index contributed by atoms with van der Waals surface area (Å²) in [7, 11) is 3.08. The molecule has 2 rings (SSSR count). The van der Waals surface area contributed by atoms with Crippen LogP contribution in [-0.4, -0.2) is 34.8 Å². The van der Waals surface area contributed by atoms with E-state index in [0.29, 0.717) is 28.7 Å². The molecule has 1 N–H and O–H groups in total. The summed E-state index contributed by atoms with van der Waals surface area (Å²) in [6.45, 7) is 3.41. The Kier molecular flexibility index (Phi) is 3.65. The van der Waals surface area contributed by atoms with Crippen LogP contribution in [0.4, 0.5) is 0 Å². The van der Waals surface area contributed by atoms with Crippen LogP contribution in [0.3, 0.4) is 0 Å². The Morgan fingerprint density at radius 3 is 2.50 bits per heavy atom. The molecule has 1 heterocycles. The van der Waals surface area contributed by atoms with Crippen LogP contribution in [0.15, 0.2) is 18.2 Å². The van der Waals surface area contributed by atoms with Gasteiger partial charge in [0.05, 0.1) is 25.6 Å². The molecular weight excluding hydrogens is 260 g/mol. The lowest BCUT2D eigenvalue weighted by molar-refractivity contribution is 0.0687. The highest BCUT2D eigenvalue weighted by Gasteiger charge is 2.21. The number of benzene rings is 1. The van der Waals surface area contributed by atoms with Gasteiger partial charge in [-0.3, -0.25) is 4.57 Å². The fraction of sp³-hybridized carbons (Fsp3) is 0.286. The van der Waals surface area contributed by atoms with Crippen molar-refractivity contribution in [2.24, 2.45) is 0 Å². The van der Waals surface area contributed by atoms with E-state index in [1.165, 1.54) is 7.11 Å². The summed E-state index contributed by atoms with van der Waals surface area (Å²) < 4.78 is 12.0. The van der Waals surface area contributed by atoms with Crippen molar-refractivity contribution in [2.75, 3.05) is 14.2 Å². The van der Waals surface area contributed by atoms with Gasteiger partial charge in [-0.1, -0.05) is 0 Å². The minimum atomic E-state index is -1.03. The number of carboxylic acid groups (broad SMARTS) is 1. The summed E-state index contributed by atoms with van der Waals surface area (Å²) in [6.07, 6.45) is 0. The average Bonchev–Trinajstić information content (AvgIpc) is 2.72. The van der Waals surface area contributed by atoms with E-state index in [2.05, 4.69) is 4.98 Å². The van der Waals surface area contributed by atoms with Gasteiger partial charge < -0.3 is 14.6 Å². The first kappa shape index (κ1) is 13.9. The van der Waals surface area contributed by atoms with Gasteiger partial charge >= 0.3 is 5.97 Å². The molecule has 0 saturated carbocycles. The molecule has 20 heavy (non-hydrogen) atoms. The number of nitrogens with zero attached hydrogens (tertiary/aromatic N) is 2. The number of aryl methyl sites for hydroxylation is 2. The zero-order chi connectivity index (χ0) is 14.9. The number of aromatic nitrogens is 2. The van der Waals surface area contributed by atoms with Crippen LogP contribution in [0.25, 0.3) is 5.69 Å². The lowest BCUT2D eigenvalue weighted by Crippen LogP contribution is -2.10. The normalized spacial score (nSPS) is 10.4. The third-order valence-corrected chi connectivity index (χ3v) is 3.05. The Labute approximate surface area is 116 Å². The Morgan fingerprint density at radius 2 is 1.95 bits per heavy atom. The van der Waals surface area contributed by atoms with Crippen LogP contribution < -0.4 is 9.47 Å². The van der Waals surface area contributed by atoms with Crippen LogP contribution in [0.2, 0.25) is 0 Å². The van der Waals surface area contributed by atoms with Crippen LogP contribution in [-0.2, 0) is 0 Å². The fourth-order valence-electron chi connectivity index (χ4n) is 2.19. The standard InChI is InChI=1S/C14H16N2O4/c1-8-13(14(17)18)16(9(2)15-8)11-7-10(19-3)5-6-12(11)20-4/h5-7H,1-4H3,(H,17,18). The summed E-state index contributed by atoms with van der Waals surface area (Å²) in [5, 5.41) is 9.38. The summed E-state index contributed by atoms with van der Waals surface area (Å²) in [4.78, 5) is 15.7. The average molecular weight is 276 g/mol. The highest BCUT2D eigenvalue weighted by molar-refractivity contribution is 5.88. The zero-order valence-corrected chi connectivity index (χ0v) is 11.8. The molecule has 106 valence electrons. The van der Waals surface area contributed by atoms with E-state index in [-0.39, 0.29) is 5.69 Å². The number of carbonyl (C=O) groups is 1. The van der Waals surface area contributed by atoms with Gasteiger partial charge in [-0.25, -0.2) is 9.78 Å². The minimum absolute atomic E-state index is 0.119. The third kappa shape index (κ3) is 2.20. The first-order valence-electron chi connectivity index (χ1n) is 6.01. The molecule has 0 aliphatic heterocycles. The lowest BCUT2D eigenvalue weighted by atomic mass is 10.2. The smallest absolute Gasteiger partial charge is 0.354 e. The third-order valence-electron chi connectivity index (χ3n) is 3.05. The molecule has 6 nitrogen and oxygen atoms in total. The number of ether oxygens (including phenoxy) is 2. The molecule has 1 aromatic carbocycles.